The lowest BCUT2D eigenvalue weighted by Gasteiger charge is -2.38. The molecule has 0 bridgehead atoms. The first kappa shape index (κ1) is 30.6. The zero-order chi connectivity index (χ0) is 30.1. The van der Waals surface area contributed by atoms with E-state index in [1.165, 1.54) is 35.2 Å². The summed E-state index contributed by atoms with van der Waals surface area (Å²) in [5.74, 6) is -2.18. The van der Waals surface area contributed by atoms with E-state index in [2.05, 4.69) is 11.4 Å². The summed E-state index contributed by atoms with van der Waals surface area (Å²) >= 11 is 19.2. The highest BCUT2D eigenvalue weighted by molar-refractivity contribution is 6.42. The molecule has 0 aliphatic carbocycles. The van der Waals surface area contributed by atoms with Gasteiger partial charge in [0.25, 0.3) is 0 Å². The van der Waals surface area contributed by atoms with Crippen molar-refractivity contribution in [3.05, 3.63) is 104 Å². The third kappa shape index (κ3) is 6.16. The molecule has 2 N–H and O–H groups in total. The number of likely N-dealkylation sites (tertiary alicyclic amines) is 1. The van der Waals surface area contributed by atoms with Gasteiger partial charge in [0.05, 0.1) is 27.7 Å². The van der Waals surface area contributed by atoms with E-state index in [0.29, 0.717) is 17.5 Å². The van der Waals surface area contributed by atoms with Crippen molar-refractivity contribution in [2.45, 2.75) is 45.2 Å². The summed E-state index contributed by atoms with van der Waals surface area (Å²) < 4.78 is 15.7. The van der Waals surface area contributed by atoms with Crippen LogP contribution >= 0.6 is 34.8 Å². The normalized spacial score (nSPS) is 20.5. The molecule has 214 valence electrons. The summed E-state index contributed by atoms with van der Waals surface area (Å²) in [6.45, 7) is 6.32. The smallest absolute Gasteiger partial charge is 0.335 e. The van der Waals surface area contributed by atoms with Crippen LogP contribution in [0.15, 0.2) is 60.7 Å². The third-order valence-corrected chi connectivity index (χ3v) is 8.47. The maximum absolute atomic E-state index is 15.7. The maximum atomic E-state index is 15.7. The fourth-order valence-electron chi connectivity index (χ4n) is 5.71. The second-order valence-electron chi connectivity index (χ2n) is 11.4. The van der Waals surface area contributed by atoms with E-state index in [9.17, 15) is 14.9 Å². The van der Waals surface area contributed by atoms with Crippen LogP contribution in [0.3, 0.4) is 0 Å². The molecule has 0 radical (unpaired) electrons. The SMILES string of the molecule is CC(C)(C)CC1CN(C(=O)NCc2ccc(C(=O)O)cc2)C(c2cccc(Cl)c2Cl)C1(C#N)c1ccc(Cl)cc1F. The average molecular weight is 617 g/mol. The number of hydrogen-bond acceptors (Lipinski definition) is 3. The monoisotopic (exact) mass is 615 g/mol. The van der Waals surface area contributed by atoms with Gasteiger partial charge in [-0.25, -0.2) is 14.0 Å². The Labute approximate surface area is 253 Å². The molecule has 1 saturated heterocycles. The molecule has 3 unspecified atom stereocenters. The number of nitrogens with zero attached hydrogens (tertiary/aromatic N) is 2. The number of rotatable bonds is 6. The van der Waals surface area contributed by atoms with Crippen molar-refractivity contribution in [3.8, 4) is 6.07 Å². The number of nitrogens with one attached hydrogen (secondary N) is 1. The Balaban J connectivity index is 1.85. The van der Waals surface area contributed by atoms with E-state index in [1.54, 1.807) is 30.3 Å². The van der Waals surface area contributed by atoms with Crippen molar-refractivity contribution in [1.82, 2.24) is 10.2 Å². The molecule has 0 spiro atoms. The van der Waals surface area contributed by atoms with Crippen LogP contribution in [0.25, 0.3) is 0 Å². The van der Waals surface area contributed by atoms with Gasteiger partial charge in [-0.1, -0.05) is 85.9 Å². The number of benzene rings is 3. The number of carbonyl (C=O) groups excluding carboxylic acids is 1. The molecule has 1 heterocycles. The van der Waals surface area contributed by atoms with Gasteiger partial charge in [-0.2, -0.15) is 5.26 Å². The van der Waals surface area contributed by atoms with Gasteiger partial charge in [-0.05, 0) is 53.3 Å². The van der Waals surface area contributed by atoms with Crippen LogP contribution in [0.1, 0.15) is 60.3 Å². The van der Waals surface area contributed by atoms with Gasteiger partial charge in [0.1, 0.15) is 11.2 Å². The molecule has 41 heavy (non-hydrogen) atoms. The van der Waals surface area contributed by atoms with Crippen LogP contribution in [-0.2, 0) is 12.0 Å². The Morgan fingerprint density at radius 2 is 1.80 bits per heavy atom. The standard InChI is InChI=1S/C31H29Cl3FN3O3/c1-30(2,3)14-20-16-38(29(41)37-15-18-7-9-19(10-8-18)28(39)40)27(22-5-4-6-24(33)26(22)34)31(20,17-36)23-12-11-21(32)13-25(23)35/h4-13,20,27H,14-16H2,1-3H3,(H,37,41)(H,39,40). The molecular weight excluding hydrogens is 588 g/mol. The Morgan fingerprint density at radius 3 is 2.39 bits per heavy atom. The van der Waals surface area contributed by atoms with Crippen LogP contribution in [0.5, 0.6) is 0 Å². The molecule has 10 heteroatoms. The number of urea groups is 1. The van der Waals surface area contributed by atoms with E-state index < -0.39 is 35.2 Å². The molecule has 6 nitrogen and oxygen atoms in total. The number of halogens is 4. The first-order valence-electron chi connectivity index (χ1n) is 13.0. The second kappa shape index (κ2) is 11.9. The Morgan fingerprint density at radius 1 is 1.12 bits per heavy atom. The van der Waals surface area contributed by atoms with Gasteiger partial charge in [0.2, 0.25) is 0 Å². The molecular formula is C31H29Cl3FN3O3. The minimum atomic E-state index is -1.53. The van der Waals surface area contributed by atoms with E-state index in [1.807, 2.05) is 20.8 Å². The lowest BCUT2D eigenvalue weighted by Crippen LogP contribution is -2.43. The largest absolute Gasteiger partial charge is 0.478 e. The third-order valence-electron chi connectivity index (χ3n) is 7.41. The Bertz CT molecular complexity index is 1520. The first-order chi connectivity index (χ1) is 19.3. The van der Waals surface area contributed by atoms with Crippen LogP contribution in [0, 0.1) is 28.5 Å². The molecule has 2 amide bonds. The van der Waals surface area contributed by atoms with Crippen molar-refractivity contribution in [3.63, 3.8) is 0 Å². The fraction of sp³-hybridized carbons (Fsp3) is 0.323. The number of amides is 2. The number of nitriles is 1. The predicted molar refractivity (Wildman–Crippen MR) is 158 cm³/mol. The Kier molecular flexibility index (Phi) is 8.89. The molecule has 0 saturated carbocycles. The topological polar surface area (TPSA) is 93.4 Å². The van der Waals surface area contributed by atoms with Crippen molar-refractivity contribution >= 4 is 46.8 Å². The molecule has 3 atom stereocenters. The summed E-state index contributed by atoms with van der Waals surface area (Å²) in [5, 5.41) is 23.6. The summed E-state index contributed by atoms with van der Waals surface area (Å²) in [5.41, 5.74) is -0.440. The summed E-state index contributed by atoms with van der Waals surface area (Å²) in [6, 6.07) is 16.3. The van der Waals surface area contributed by atoms with E-state index in [-0.39, 0.29) is 44.7 Å². The molecule has 3 aromatic rings. The van der Waals surface area contributed by atoms with Gasteiger partial charge < -0.3 is 15.3 Å². The highest BCUT2D eigenvalue weighted by Crippen LogP contribution is 2.57. The van der Waals surface area contributed by atoms with Gasteiger partial charge in [0, 0.05) is 29.6 Å². The van der Waals surface area contributed by atoms with Gasteiger partial charge in [0.15, 0.2) is 0 Å². The van der Waals surface area contributed by atoms with Crippen LogP contribution in [0.2, 0.25) is 15.1 Å². The Hall–Kier alpha value is -3.31. The number of aromatic carboxylic acids is 1. The van der Waals surface area contributed by atoms with Gasteiger partial charge in [-0.15, -0.1) is 0 Å². The van der Waals surface area contributed by atoms with Crippen molar-refractivity contribution in [2.75, 3.05) is 6.54 Å². The fourth-order valence-corrected chi connectivity index (χ4v) is 6.28. The van der Waals surface area contributed by atoms with Crippen molar-refractivity contribution in [2.24, 2.45) is 11.3 Å². The summed E-state index contributed by atoms with van der Waals surface area (Å²) in [4.78, 5) is 26.6. The van der Waals surface area contributed by atoms with E-state index >= 15 is 4.39 Å². The molecule has 1 fully saturated rings. The molecule has 0 aromatic heterocycles. The quantitative estimate of drug-likeness (QED) is 0.292. The minimum Gasteiger partial charge on any atom is -0.478 e. The van der Waals surface area contributed by atoms with Gasteiger partial charge >= 0.3 is 12.0 Å². The van der Waals surface area contributed by atoms with Crippen LogP contribution in [-0.4, -0.2) is 28.6 Å². The molecule has 1 aliphatic heterocycles. The average Bonchev–Trinajstić information content (AvgIpc) is 3.22. The predicted octanol–water partition coefficient (Wildman–Crippen LogP) is 8.26. The van der Waals surface area contributed by atoms with Crippen LogP contribution < -0.4 is 5.32 Å². The number of hydrogen-bond donors (Lipinski definition) is 2. The van der Waals surface area contributed by atoms with E-state index in [0.717, 1.165) is 0 Å². The zero-order valence-electron chi connectivity index (χ0n) is 22.7. The number of carboxylic acid groups (broad SMARTS) is 1. The maximum Gasteiger partial charge on any atom is 0.335 e. The summed E-state index contributed by atoms with van der Waals surface area (Å²) in [7, 11) is 0. The van der Waals surface area contributed by atoms with Crippen molar-refractivity contribution in [1.29, 1.82) is 5.26 Å². The molecule has 1 aliphatic rings. The summed E-state index contributed by atoms with van der Waals surface area (Å²) in [6.07, 6.45) is 0.498. The van der Waals surface area contributed by atoms with E-state index in [4.69, 9.17) is 39.9 Å². The highest BCUT2D eigenvalue weighted by atomic mass is 35.5. The molecule has 3 aromatic carbocycles. The van der Waals surface area contributed by atoms with Crippen LogP contribution in [0.4, 0.5) is 9.18 Å². The number of carboxylic acids is 1. The zero-order valence-corrected chi connectivity index (χ0v) is 25.0. The van der Waals surface area contributed by atoms with Crippen molar-refractivity contribution < 1.29 is 19.1 Å². The first-order valence-corrected chi connectivity index (χ1v) is 14.1. The number of carbonyl (C=O) groups is 2. The lowest BCUT2D eigenvalue weighted by molar-refractivity contribution is 0.0696. The lowest BCUT2D eigenvalue weighted by atomic mass is 9.63. The second-order valence-corrected chi connectivity index (χ2v) is 12.6. The van der Waals surface area contributed by atoms with Gasteiger partial charge in [-0.3, -0.25) is 0 Å². The minimum absolute atomic E-state index is 0.101. The molecule has 4 rings (SSSR count). The highest BCUT2D eigenvalue weighted by Gasteiger charge is 2.59.